The van der Waals surface area contributed by atoms with Gasteiger partial charge in [-0.1, -0.05) is 18.2 Å². The van der Waals surface area contributed by atoms with Crippen molar-refractivity contribution in [3.8, 4) is 11.5 Å². The third-order valence-corrected chi connectivity index (χ3v) is 6.48. The van der Waals surface area contributed by atoms with Crippen molar-refractivity contribution in [1.82, 2.24) is 24.8 Å². The molecule has 0 atom stereocenters. The van der Waals surface area contributed by atoms with E-state index in [1.54, 1.807) is 12.4 Å². The van der Waals surface area contributed by atoms with Crippen LogP contribution >= 0.6 is 11.3 Å². The van der Waals surface area contributed by atoms with Crippen molar-refractivity contribution in [3.63, 3.8) is 0 Å². The molecular weight excluding hydrogens is 450 g/mol. The van der Waals surface area contributed by atoms with Crippen LogP contribution in [-0.2, 0) is 16.0 Å². The van der Waals surface area contributed by atoms with Gasteiger partial charge in [-0.3, -0.25) is 14.6 Å². The Kier molecular flexibility index (Phi) is 6.13. The van der Waals surface area contributed by atoms with Gasteiger partial charge < -0.3 is 15.1 Å². The number of para-hydroxylation sites is 1. The molecule has 0 bridgehead atoms. The maximum Gasteiger partial charge on any atom is 0.228 e. The number of pyridine rings is 1. The Bertz CT molecular complexity index is 1330. The number of thiazole rings is 1. The first-order valence-corrected chi connectivity index (χ1v) is 11.8. The SMILES string of the molecule is CC(=O)Nc1ncc(CC(=O)N2CCN(c3nc(-c4ccccn4)nc4ccccc34)CC2)s1. The summed E-state index contributed by atoms with van der Waals surface area (Å²) in [5.74, 6) is 1.33. The zero-order valence-electron chi connectivity index (χ0n) is 18.6. The van der Waals surface area contributed by atoms with Gasteiger partial charge in [0.15, 0.2) is 11.0 Å². The lowest BCUT2D eigenvalue weighted by Gasteiger charge is -2.36. The number of nitrogens with zero attached hydrogens (tertiary/aromatic N) is 6. The molecule has 5 rings (SSSR count). The molecule has 4 heterocycles. The second-order valence-corrected chi connectivity index (χ2v) is 9.08. The summed E-state index contributed by atoms with van der Waals surface area (Å²) in [6, 6.07) is 13.7. The Labute approximate surface area is 200 Å². The molecule has 0 radical (unpaired) electrons. The number of carbonyl (C=O) groups excluding carboxylic acids is 2. The highest BCUT2D eigenvalue weighted by atomic mass is 32.1. The molecular formula is C24H23N7O2S. The molecule has 1 aromatic carbocycles. The van der Waals surface area contributed by atoms with Crippen molar-refractivity contribution in [2.24, 2.45) is 0 Å². The van der Waals surface area contributed by atoms with E-state index in [4.69, 9.17) is 9.97 Å². The molecule has 4 aromatic rings. The smallest absolute Gasteiger partial charge is 0.228 e. The largest absolute Gasteiger partial charge is 0.352 e. The molecule has 1 fully saturated rings. The predicted octanol–water partition coefficient (Wildman–Crippen LogP) is 3.00. The molecule has 0 unspecified atom stereocenters. The lowest BCUT2D eigenvalue weighted by atomic mass is 10.2. The first-order chi connectivity index (χ1) is 16.6. The highest BCUT2D eigenvalue weighted by molar-refractivity contribution is 7.15. The number of aromatic nitrogens is 4. The molecule has 0 spiro atoms. The summed E-state index contributed by atoms with van der Waals surface area (Å²) in [4.78, 5) is 47.1. The fourth-order valence-corrected chi connectivity index (χ4v) is 4.79. The lowest BCUT2D eigenvalue weighted by Crippen LogP contribution is -2.49. The molecule has 34 heavy (non-hydrogen) atoms. The van der Waals surface area contributed by atoms with E-state index in [1.165, 1.54) is 18.3 Å². The normalized spacial score (nSPS) is 13.8. The second kappa shape index (κ2) is 9.52. The van der Waals surface area contributed by atoms with Crippen LogP contribution in [0.15, 0.2) is 54.9 Å². The number of hydrogen-bond acceptors (Lipinski definition) is 8. The van der Waals surface area contributed by atoms with E-state index in [0.717, 1.165) is 27.3 Å². The Morgan fingerprint density at radius 2 is 1.79 bits per heavy atom. The summed E-state index contributed by atoms with van der Waals surface area (Å²) in [6.45, 7) is 4.00. The van der Waals surface area contributed by atoms with Crippen LogP contribution in [0.3, 0.4) is 0 Å². The molecule has 2 amide bonds. The zero-order valence-corrected chi connectivity index (χ0v) is 19.5. The van der Waals surface area contributed by atoms with Crippen LogP contribution < -0.4 is 10.2 Å². The third-order valence-electron chi connectivity index (χ3n) is 5.57. The number of nitrogens with one attached hydrogen (secondary N) is 1. The van der Waals surface area contributed by atoms with Crippen LogP contribution in [0.2, 0.25) is 0 Å². The predicted molar refractivity (Wildman–Crippen MR) is 132 cm³/mol. The monoisotopic (exact) mass is 473 g/mol. The lowest BCUT2D eigenvalue weighted by molar-refractivity contribution is -0.130. The summed E-state index contributed by atoms with van der Waals surface area (Å²) in [5, 5.41) is 4.15. The molecule has 0 saturated carbocycles. The summed E-state index contributed by atoms with van der Waals surface area (Å²) in [7, 11) is 0. The molecule has 1 N–H and O–H groups in total. The van der Waals surface area contributed by atoms with Gasteiger partial charge in [-0.15, -0.1) is 11.3 Å². The molecule has 0 aliphatic carbocycles. The zero-order chi connectivity index (χ0) is 23.5. The van der Waals surface area contributed by atoms with Crippen LogP contribution in [0.4, 0.5) is 10.9 Å². The van der Waals surface area contributed by atoms with Gasteiger partial charge in [-0.25, -0.2) is 15.0 Å². The van der Waals surface area contributed by atoms with Gasteiger partial charge in [-0.05, 0) is 24.3 Å². The van der Waals surface area contributed by atoms with Crippen LogP contribution in [0.25, 0.3) is 22.4 Å². The minimum atomic E-state index is -0.174. The molecule has 1 aliphatic heterocycles. The van der Waals surface area contributed by atoms with Gasteiger partial charge in [0, 0.05) is 55.8 Å². The van der Waals surface area contributed by atoms with E-state index in [1.807, 2.05) is 47.4 Å². The number of benzene rings is 1. The van der Waals surface area contributed by atoms with Crippen molar-refractivity contribution >= 4 is 45.0 Å². The van der Waals surface area contributed by atoms with Gasteiger partial charge in [0.05, 0.1) is 11.9 Å². The van der Waals surface area contributed by atoms with Crippen molar-refractivity contribution in [2.75, 3.05) is 36.4 Å². The second-order valence-electron chi connectivity index (χ2n) is 7.96. The number of anilines is 2. The minimum Gasteiger partial charge on any atom is -0.352 e. The summed E-state index contributed by atoms with van der Waals surface area (Å²) < 4.78 is 0. The summed E-state index contributed by atoms with van der Waals surface area (Å²) in [5.41, 5.74) is 1.60. The van der Waals surface area contributed by atoms with E-state index in [-0.39, 0.29) is 18.2 Å². The van der Waals surface area contributed by atoms with E-state index >= 15 is 0 Å². The Balaban J connectivity index is 1.30. The number of fused-ring (bicyclic) bond motifs is 1. The fraction of sp³-hybridized carbons (Fsp3) is 0.250. The van der Waals surface area contributed by atoms with Gasteiger partial charge in [0.2, 0.25) is 11.8 Å². The number of amides is 2. The number of rotatable bonds is 5. The maximum atomic E-state index is 12.9. The summed E-state index contributed by atoms with van der Waals surface area (Å²) in [6.07, 6.45) is 3.66. The highest BCUT2D eigenvalue weighted by Gasteiger charge is 2.24. The van der Waals surface area contributed by atoms with E-state index in [9.17, 15) is 9.59 Å². The van der Waals surface area contributed by atoms with Crippen molar-refractivity contribution < 1.29 is 9.59 Å². The Hall–Kier alpha value is -3.92. The summed E-state index contributed by atoms with van der Waals surface area (Å²) >= 11 is 1.33. The average Bonchev–Trinajstić information content (AvgIpc) is 3.29. The number of carbonyl (C=O) groups is 2. The molecule has 3 aromatic heterocycles. The molecule has 172 valence electrons. The fourth-order valence-electron chi connectivity index (χ4n) is 3.94. The minimum absolute atomic E-state index is 0.0550. The van der Waals surface area contributed by atoms with Gasteiger partial charge >= 0.3 is 0 Å². The van der Waals surface area contributed by atoms with Gasteiger partial charge in [0.25, 0.3) is 0 Å². The number of piperazine rings is 1. The third kappa shape index (κ3) is 4.72. The molecule has 9 nitrogen and oxygen atoms in total. The van der Waals surface area contributed by atoms with Crippen molar-refractivity contribution in [3.05, 3.63) is 59.7 Å². The average molecular weight is 474 g/mol. The maximum absolute atomic E-state index is 12.9. The van der Waals surface area contributed by atoms with Crippen LogP contribution in [0.1, 0.15) is 11.8 Å². The van der Waals surface area contributed by atoms with Crippen LogP contribution in [0, 0.1) is 0 Å². The molecule has 10 heteroatoms. The molecule has 1 aliphatic rings. The Morgan fingerprint density at radius 3 is 2.56 bits per heavy atom. The van der Waals surface area contributed by atoms with E-state index in [0.29, 0.717) is 37.1 Å². The van der Waals surface area contributed by atoms with Crippen molar-refractivity contribution in [1.29, 1.82) is 0 Å². The van der Waals surface area contributed by atoms with E-state index in [2.05, 4.69) is 20.2 Å². The topological polar surface area (TPSA) is 104 Å². The number of hydrogen-bond donors (Lipinski definition) is 1. The highest BCUT2D eigenvalue weighted by Crippen LogP contribution is 2.28. The van der Waals surface area contributed by atoms with Gasteiger partial charge in [-0.2, -0.15) is 0 Å². The van der Waals surface area contributed by atoms with Crippen LogP contribution in [0.5, 0.6) is 0 Å². The van der Waals surface area contributed by atoms with Crippen LogP contribution in [-0.4, -0.2) is 62.8 Å². The first-order valence-electron chi connectivity index (χ1n) is 11.0. The standard InChI is InChI=1S/C24H23N7O2S/c1-16(32)27-24-26-15-17(34-24)14-21(33)30-10-12-31(13-11-30)23-18-6-2-3-7-19(18)28-22(29-23)20-8-4-5-9-25-20/h2-9,15H,10-14H2,1H3,(H,26,27,32). The van der Waals surface area contributed by atoms with Gasteiger partial charge in [0.1, 0.15) is 11.5 Å². The molecule has 1 saturated heterocycles. The quantitative estimate of drug-likeness (QED) is 0.475. The Morgan fingerprint density at radius 1 is 1.00 bits per heavy atom. The van der Waals surface area contributed by atoms with Crippen molar-refractivity contribution in [2.45, 2.75) is 13.3 Å². The first kappa shape index (κ1) is 21.9. The van der Waals surface area contributed by atoms with E-state index < -0.39 is 0 Å².